The third-order valence-corrected chi connectivity index (χ3v) is 3.02. The Labute approximate surface area is 79.6 Å². The fourth-order valence-corrected chi connectivity index (χ4v) is 2.65. The van der Waals surface area contributed by atoms with Crippen LogP contribution in [0.25, 0.3) is 0 Å². The first-order chi connectivity index (χ1) is 5.29. The zero-order chi connectivity index (χ0) is 8.10. The van der Waals surface area contributed by atoms with Gasteiger partial charge in [-0.1, -0.05) is 25.7 Å². The van der Waals surface area contributed by atoms with Gasteiger partial charge < -0.3 is 4.18 Å². The third-order valence-electron chi connectivity index (χ3n) is 2.04. The Morgan fingerprint density at radius 2 is 1.55 bits per heavy atom. The van der Waals surface area contributed by atoms with Crippen molar-refractivity contribution in [3.63, 3.8) is 0 Å². The summed E-state index contributed by atoms with van der Waals surface area (Å²) in [6.45, 7) is 0. The predicted octanol–water partition coefficient (Wildman–Crippen LogP) is 1.92. The van der Waals surface area contributed by atoms with Crippen molar-refractivity contribution in [2.75, 3.05) is 0 Å². The van der Waals surface area contributed by atoms with Gasteiger partial charge in [-0.2, -0.15) is 0 Å². The van der Waals surface area contributed by atoms with Gasteiger partial charge in [-0.15, -0.1) is 0 Å². The number of rotatable bonds is 2. The summed E-state index contributed by atoms with van der Waals surface area (Å²) in [5.41, 5.74) is 0. The first kappa shape index (κ1) is 9.84. The lowest BCUT2D eigenvalue weighted by molar-refractivity contribution is 0.221. The van der Waals surface area contributed by atoms with Crippen LogP contribution in [-0.4, -0.2) is 6.10 Å². The Bertz CT molecular complexity index is 161. The highest BCUT2D eigenvalue weighted by molar-refractivity contribution is 8.44. The molecule has 0 atom stereocenters. The molecule has 66 valence electrons. The molecule has 1 rings (SSSR count). The van der Waals surface area contributed by atoms with Gasteiger partial charge >= 0.3 is 0 Å². The van der Waals surface area contributed by atoms with Crippen LogP contribution in [0.4, 0.5) is 0 Å². The molecule has 4 heteroatoms. The lowest BCUT2D eigenvalue weighted by atomic mass is 10.2. The van der Waals surface area contributed by atoms with Crippen LogP contribution in [0, 0.1) is 0 Å². The Morgan fingerprint density at radius 1 is 1.00 bits per heavy atom. The van der Waals surface area contributed by atoms with Gasteiger partial charge in [0, 0.05) is 8.29 Å². The molecule has 1 aliphatic rings. The molecule has 0 spiro atoms. The Kier molecular flexibility index (Phi) is 4.83. The highest BCUT2D eigenvalue weighted by Gasteiger charge is 2.11. The highest BCUT2D eigenvalue weighted by atomic mass is 33.1. The van der Waals surface area contributed by atoms with Crippen molar-refractivity contribution in [3.8, 4) is 0 Å². The monoisotopic (exact) mass is 210 g/mol. The van der Waals surface area contributed by atoms with Crippen LogP contribution < -0.4 is 0 Å². The summed E-state index contributed by atoms with van der Waals surface area (Å²) in [6, 6.07) is 0. The highest BCUT2D eigenvalue weighted by Crippen LogP contribution is 2.19. The quantitative estimate of drug-likeness (QED) is 0.551. The van der Waals surface area contributed by atoms with Crippen molar-refractivity contribution >= 4 is 30.7 Å². The molecule has 0 saturated heterocycles. The molecule has 0 N–H and O–H groups in total. The minimum atomic E-state index is -0.968. The zero-order valence-corrected chi connectivity index (χ0v) is 9.02. The van der Waals surface area contributed by atoms with Gasteiger partial charge in [-0.3, -0.25) is 0 Å². The van der Waals surface area contributed by atoms with Gasteiger partial charge in [0.05, 0.1) is 6.10 Å². The van der Waals surface area contributed by atoms with Crippen LogP contribution in [0.5, 0.6) is 0 Å². The molecule has 11 heavy (non-hydrogen) atoms. The van der Waals surface area contributed by atoms with Gasteiger partial charge in [0.2, 0.25) is 0 Å². The average molecular weight is 210 g/mol. The number of thiol groups is 1. The van der Waals surface area contributed by atoms with E-state index in [9.17, 15) is 0 Å². The molecule has 0 heterocycles. The fraction of sp³-hybridized carbons (Fsp3) is 1.00. The molecule has 1 nitrogen and oxygen atoms in total. The van der Waals surface area contributed by atoms with Gasteiger partial charge in [0.15, 0.2) is 0 Å². The molecule has 1 aliphatic carbocycles. The maximum absolute atomic E-state index is 5.47. The van der Waals surface area contributed by atoms with Crippen molar-refractivity contribution in [3.05, 3.63) is 0 Å². The standard InChI is InChI=1S/C7H14OS3/c9-11(10)8-7-5-3-1-2-4-6-7/h7,11H,1-6H2. The minimum Gasteiger partial charge on any atom is -0.309 e. The summed E-state index contributed by atoms with van der Waals surface area (Å²) in [7, 11) is -0.968. The Hall–Kier alpha value is 0.750. The molecule has 0 unspecified atom stereocenters. The Balaban J connectivity index is 2.30. The van der Waals surface area contributed by atoms with Crippen molar-refractivity contribution in [1.82, 2.24) is 0 Å². The topological polar surface area (TPSA) is 9.23 Å². The summed E-state index contributed by atoms with van der Waals surface area (Å²) in [4.78, 5) is 0. The number of hydrogen-bond donors (Lipinski definition) is 1. The molecule has 0 aromatic carbocycles. The van der Waals surface area contributed by atoms with E-state index in [1.54, 1.807) is 0 Å². The maximum Gasteiger partial charge on any atom is 0.0725 e. The largest absolute Gasteiger partial charge is 0.309 e. The van der Waals surface area contributed by atoms with Crippen molar-refractivity contribution in [2.45, 2.75) is 44.6 Å². The third kappa shape index (κ3) is 4.35. The van der Waals surface area contributed by atoms with Gasteiger partial charge in [0.1, 0.15) is 0 Å². The average Bonchev–Trinajstić information content (AvgIpc) is 2.14. The van der Waals surface area contributed by atoms with E-state index in [-0.39, 0.29) is 0 Å². The molecule has 0 aromatic rings. The molecular formula is C7H14OS3. The fourth-order valence-electron chi connectivity index (χ4n) is 1.47. The normalized spacial score (nSPS) is 21.9. The summed E-state index contributed by atoms with van der Waals surface area (Å²) in [6.07, 6.45) is 8.02. The lowest BCUT2D eigenvalue weighted by Crippen LogP contribution is -2.09. The second-order valence-electron chi connectivity index (χ2n) is 2.94. The molecule has 1 fully saturated rings. The molecular weight excluding hydrogens is 196 g/mol. The van der Waals surface area contributed by atoms with E-state index in [1.807, 2.05) is 0 Å². The molecule has 1 saturated carbocycles. The van der Waals surface area contributed by atoms with E-state index in [4.69, 9.17) is 26.6 Å². The van der Waals surface area contributed by atoms with Crippen LogP contribution in [0.3, 0.4) is 0 Å². The van der Waals surface area contributed by atoms with Crippen molar-refractivity contribution in [2.24, 2.45) is 0 Å². The molecule has 0 aliphatic heterocycles. The lowest BCUT2D eigenvalue weighted by Gasteiger charge is -2.10. The van der Waals surface area contributed by atoms with E-state index in [0.717, 1.165) is 0 Å². The van der Waals surface area contributed by atoms with Crippen molar-refractivity contribution in [1.29, 1.82) is 0 Å². The summed E-state index contributed by atoms with van der Waals surface area (Å²) >= 11 is 9.72. The van der Waals surface area contributed by atoms with Crippen LogP contribution in [0.2, 0.25) is 0 Å². The second-order valence-corrected chi connectivity index (χ2v) is 6.28. The SMILES string of the molecule is S=[SH](=S)OC1CCCCCC1. The van der Waals surface area contributed by atoms with Crippen LogP contribution in [-0.2, 0) is 34.9 Å². The first-order valence-electron chi connectivity index (χ1n) is 4.10. The van der Waals surface area contributed by atoms with E-state index < -0.39 is 8.29 Å². The predicted molar refractivity (Wildman–Crippen MR) is 56.1 cm³/mol. The molecule has 0 radical (unpaired) electrons. The Morgan fingerprint density at radius 3 is 2.00 bits per heavy atom. The van der Waals surface area contributed by atoms with Crippen LogP contribution in [0.15, 0.2) is 0 Å². The first-order valence-corrected chi connectivity index (χ1v) is 7.39. The van der Waals surface area contributed by atoms with E-state index in [1.165, 1.54) is 38.5 Å². The van der Waals surface area contributed by atoms with Gasteiger partial charge in [0.25, 0.3) is 0 Å². The van der Waals surface area contributed by atoms with Gasteiger partial charge in [-0.25, -0.2) is 0 Å². The summed E-state index contributed by atoms with van der Waals surface area (Å²) < 4.78 is 5.47. The number of hydrogen-bond acceptors (Lipinski definition) is 3. The zero-order valence-electron chi connectivity index (χ0n) is 6.49. The smallest absolute Gasteiger partial charge is 0.0725 e. The minimum absolute atomic E-state index is 0.388. The van der Waals surface area contributed by atoms with E-state index >= 15 is 0 Å². The molecule has 0 aromatic heterocycles. The van der Waals surface area contributed by atoms with Crippen LogP contribution >= 0.6 is 0 Å². The molecule has 0 amide bonds. The molecule has 0 bridgehead atoms. The van der Waals surface area contributed by atoms with Gasteiger partial charge in [-0.05, 0) is 35.2 Å². The van der Waals surface area contributed by atoms with Crippen LogP contribution in [0.1, 0.15) is 38.5 Å². The second kappa shape index (κ2) is 5.41. The maximum atomic E-state index is 5.47. The summed E-state index contributed by atoms with van der Waals surface area (Å²) in [5.74, 6) is 0. The summed E-state index contributed by atoms with van der Waals surface area (Å²) in [5, 5.41) is 0. The van der Waals surface area contributed by atoms with E-state index in [0.29, 0.717) is 6.10 Å². The van der Waals surface area contributed by atoms with Crippen molar-refractivity contribution < 1.29 is 4.18 Å². The van der Waals surface area contributed by atoms with E-state index in [2.05, 4.69) is 0 Å².